The van der Waals surface area contributed by atoms with E-state index in [9.17, 15) is 9.59 Å². The van der Waals surface area contributed by atoms with E-state index in [1.165, 1.54) is 0 Å². The van der Waals surface area contributed by atoms with Crippen LogP contribution in [0.25, 0.3) is 0 Å². The number of rotatable bonds is 11. The van der Waals surface area contributed by atoms with E-state index in [-0.39, 0.29) is 18.2 Å². The Bertz CT molecular complexity index is 1160. The van der Waals surface area contributed by atoms with Crippen molar-refractivity contribution in [3.8, 4) is 5.75 Å². The predicted molar refractivity (Wildman–Crippen MR) is 150 cm³/mol. The van der Waals surface area contributed by atoms with Gasteiger partial charge in [0.05, 0.1) is 6.61 Å². The maximum Gasteiger partial charge on any atom is 0.243 e. The van der Waals surface area contributed by atoms with E-state index in [2.05, 4.69) is 5.32 Å². The van der Waals surface area contributed by atoms with Gasteiger partial charge in [-0.05, 0) is 75.1 Å². The molecule has 0 aliphatic carbocycles. The summed E-state index contributed by atoms with van der Waals surface area (Å²) in [7, 11) is 0. The van der Waals surface area contributed by atoms with E-state index in [4.69, 9.17) is 16.3 Å². The number of nitrogens with one attached hydrogen (secondary N) is 1. The summed E-state index contributed by atoms with van der Waals surface area (Å²) < 4.78 is 5.79. The summed E-state index contributed by atoms with van der Waals surface area (Å²) >= 11 is 5.94. The molecular weight excluding hydrogens is 484 g/mol. The first-order valence-electron chi connectivity index (χ1n) is 12.7. The zero-order valence-electron chi connectivity index (χ0n) is 22.2. The number of ether oxygens (including phenoxy) is 1. The van der Waals surface area contributed by atoms with Gasteiger partial charge in [0, 0.05) is 29.9 Å². The molecule has 0 radical (unpaired) electrons. The Morgan fingerprint density at radius 1 is 0.946 bits per heavy atom. The van der Waals surface area contributed by atoms with Gasteiger partial charge in [0.2, 0.25) is 11.8 Å². The second kappa shape index (κ2) is 13.3. The number of nitrogens with zero attached hydrogens (tertiary/aromatic N) is 1. The van der Waals surface area contributed by atoms with Crippen molar-refractivity contribution in [2.75, 3.05) is 6.61 Å². The molecule has 0 saturated heterocycles. The number of carbonyl (C=O) groups excluding carboxylic acids is 2. The average Bonchev–Trinajstić information content (AvgIpc) is 2.85. The highest BCUT2D eigenvalue weighted by Crippen LogP contribution is 2.20. The van der Waals surface area contributed by atoms with Crippen molar-refractivity contribution < 1.29 is 14.3 Å². The minimum Gasteiger partial charge on any atom is -0.494 e. The van der Waals surface area contributed by atoms with E-state index in [0.717, 1.165) is 16.7 Å². The van der Waals surface area contributed by atoms with Gasteiger partial charge in [0.15, 0.2) is 0 Å². The molecule has 0 aliphatic heterocycles. The first kappa shape index (κ1) is 28.3. The lowest BCUT2D eigenvalue weighted by molar-refractivity contribution is -0.142. The number of hydrogen-bond acceptors (Lipinski definition) is 3. The second-order valence-corrected chi connectivity index (χ2v) is 10.7. The van der Waals surface area contributed by atoms with Gasteiger partial charge in [0.1, 0.15) is 11.8 Å². The Hall–Kier alpha value is -3.31. The molecule has 0 aromatic heterocycles. The first-order chi connectivity index (χ1) is 17.6. The van der Waals surface area contributed by atoms with E-state index >= 15 is 0 Å². The number of benzene rings is 3. The highest BCUT2D eigenvalue weighted by molar-refractivity contribution is 6.30. The van der Waals surface area contributed by atoms with Gasteiger partial charge in [-0.25, -0.2) is 0 Å². The maximum absolute atomic E-state index is 13.7. The third-order valence-corrected chi connectivity index (χ3v) is 6.24. The van der Waals surface area contributed by atoms with Crippen LogP contribution in [0.1, 0.15) is 50.3 Å². The summed E-state index contributed by atoms with van der Waals surface area (Å²) in [4.78, 5) is 29.0. The Labute approximate surface area is 225 Å². The third kappa shape index (κ3) is 9.25. The van der Waals surface area contributed by atoms with Crippen LogP contribution in [-0.4, -0.2) is 34.9 Å². The molecule has 6 heteroatoms. The number of hydrogen-bond donors (Lipinski definition) is 1. The van der Waals surface area contributed by atoms with E-state index in [0.29, 0.717) is 36.8 Å². The predicted octanol–water partition coefficient (Wildman–Crippen LogP) is 6.36. The van der Waals surface area contributed by atoms with E-state index < -0.39 is 11.6 Å². The van der Waals surface area contributed by atoms with Crippen molar-refractivity contribution in [2.45, 2.75) is 65.1 Å². The normalized spacial score (nSPS) is 12.0. The summed E-state index contributed by atoms with van der Waals surface area (Å²) in [5, 5.41) is 3.75. The van der Waals surface area contributed by atoms with Crippen LogP contribution in [0.5, 0.6) is 5.75 Å². The van der Waals surface area contributed by atoms with Gasteiger partial charge in [-0.1, -0.05) is 66.2 Å². The summed E-state index contributed by atoms with van der Waals surface area (Å²) in [5.41, 5.74) is 2.69. The Morgan fingerprint density at radius 3 is 2.24 bits per heavy atom. The van der Waals surface area contributed by atoms with Crippen LogP contribution >= 0.6 is 11.6 Å². The van der Waals surface area contributed by atoms with E-state index in [1.54, 1.807) is 29.2 Å². The molecule has 1 atom stereocenters. The van der Waals surface area contributed by atoms with Gasteiger partial charge in [-0.3, -0.25) is 9.59 Å². The topological polar surface area (TPSA) is 58.6 Å². The lowest BCUT2D eigenvalue weighted by Gasteiger charge is -2.34. The quantitative estimate of drug-likeness (QED) is 0.299. The van der Waals surface area contributed by atoms with Crippen molar-refractivity contribution in [1.82, 2.24) is 10.2 Å². The van der Waals surface area contributed by atoms with Crippen LogP contribution in [-0.2, 0) is 22.6 Å². The molecule has 0 heterocycles. The Balaban J connectivity index is 1.81. The van der Waals surface area contributed by atoms with Crippen LogP contribution in [0.4, 0.5) is 0 Å². The van der Waals surface area contributed by atoms with Crippen LogP contribution < -0.4 is 10.1 Å². The molecule has 3 rings (SSSR count). The Morgan fingerprint density at radius 2 is 1.59 bits per heavy atom. The summed E-state index contributed by atoms with van der Waals surface area (Å²) in [6, 6.07) is 24.3. The molecule has 3 aromatic rings. The molecule has 1 N–H and O–H groups in total. The molecule has 37 heavy (non-hydrogen) atoms. The van der Waals surface area contributed by atoms with Crippen LogP contribution in [0.3, 0.4) is 0 Å². The molecular formula is C31H37ClN2O3. The summed E-state index contributed by atoms with van der Waals surface area (Å²) in [6.07, 6.45) is 1.24. The van der Waals surface area contributed by atoms with Gasteiger partial charge in [-0.15, -0.1) is 0 Å². The van der Waals surface area contributed by atoms with Crippen LogP contribution in [0.2, 0.25) is 5.02 Å². The van der Waals surface area contributed by atoms with Crippen LogP contribution in [0, 0.1) is 6.92 Å². The van der Waals surface area contributed by atoms with Crippen molar-refractivity contribution in [2.24, 2.45) is 0 Å². The van der Waals surface area contributed by atoms with Crippen molar-refractivity contribution >= 4 is 23.4 Å². The number of aryl methyl sites for hydroxylation is 1. The molecule has 5 nitrogen and oxygen atoms in total. The standard InChI is InChI=1S/C31H37ClN2O3/c1-23-11-8-9-14-25(23)22-34(29(35)15-10-20-37-27-18-16-26(32)17-19-27)28(30(36)33-31(2,3)4)21-24-12-6-5-7-13-24/h5-9,11-14,16-19,28H,10,15,20-22H2,1-4H3,(H,33,36). The molecule has 0 fully saturated rings. The monoisotopic (exact) mass is 520 g/mol. The minimum atomic E-state index is -0.647. The molecule has 0 bridgehead atoms. The fraction of sp³-hybridized carbons (Fsp3) is 0.355. The van der Waals surface area contributed by atoms with Crippen molar-refractivity contribution in [3.05, 3.63) is 101 Å². The molecule has 3 aromatic carbocycles. The average molecular weight is 521 g/mol. The van der Waals surface area contributed by atoms with Gasteiger partial charge >= 0.3 is 0 Å². The third-order valence-electron chi connectivity index (χ3n) is 5.99. The fourth-order valence-corrected chi connectivity index (χ4v) is 4.19. The molecule has 196 valence electrons. The van der Waals surface area contributed by atoms with E-state index in [1.807, 2.05) is 82.3 Å². The van der Waals surface area contributed by atoms with Gasteiger partial charge in [-0.2, -0.15) is 0 Å². The largest absolute Gasteiger partial charge is 0.494 e. The summed E-state index contributed by atoms with van der Waals surface area (Å²) in [6.45, 7) is 8.63. The zero-order chi connectivity index (χ0) is 26.8. The Kier molecular flexibility index (Phi) is 10.2. The number of amides is 2. The van der Waals surface area contributed by atoms with Crippen LogP contribution in [0.15, 0.2) is 78.9 Å². The zero-order valence-corrected chi connectivity index (χ0v) is 22.9. The molecule has 2 amide bonds. The maximum atomic E-state index is 13.7. The number of halogens is 1. The first-order valence-corrected chi connectivity index (χ1v) is 13.1. The molecule has 0 spiro atoms. The molecule has 0 aliphatic rings. The highest BCUT2D eigenvalue weighted by Gasteiger charge is 2.32. The lowest BCUT2D eigenvalue weighted by Crippen LogP contribution is -2.54. The van der Waals surface area contributed by atoms with Gasteiger partial charge in [0.25, 0.3) is 0 Å². The molecule has 1 unspecified atom stereocenters. The minimum absolute atomic E-state index is 0.0760. The second-order valence-electron chi connectivity index (χ2n) is 10.3. The lowest BCUT2D eigenvalue weighted by atomic mass is 9.99. The van der Waals surface area contributed by atoms with Gasteiger partial charge < -0.3 is 15.0 Å². The molecule has 0 saturated carbocycles. The van der Waals surface area contributed by atoms with Crippen molar-refractivity contribution in [3.63, 3.8) is 0 Å². The highest BCUT2D eigenvalue weighted by atomic mass is 35.5. The van der Waals surface area contributed by atoms with Crippen molar-refractivity contribution in [1.29, 1.82) is 0 Å². The number of carbonyl (C=O) groups is 2. The SMILES string of the molecule is Cc1ccccc1CN(C(=O)CCCOc1ccc(Cl)cc1)C(Cc1ccccc1)C(=O)NC(C)(C)C. The smallest absolute Gasteiger partial charge is 0.243 e. The fourth-order valence-electron chi connectivity index (χ4n) is 4.07. The summed E-state index contributed by atoms with van der Waals surface area (Å²) in [5.74, 6) is 0.476.